The van der Waals surface area contributed by atoms with E-state index in [2.05, 4.69) is 5.32 Å². The molecule has 1 saturated heterocycles. The van der Waals surface area contributed by atoms with E-state index in [1.165, 1.54) is 20.8 Å². The van der Waals surface area contributed by atoms with Gasteiger partial charge in [0.25, 0.3) is 0 Å². The van der Waals surface area contributed by atoms with Gasteiger partial charge >= 0.3 is 6.03 Å². The number of nitrogens with one attached hydrogen (secondary N) is 1. The summed E-state index contributed by atoms with van der Waals surface area (Å²) in [4.78, 5) is 30.5. The maximum Gasteiger partial charge on any atom is 0.329 e. The molecule has 0 saturated carbocycles. The fraction of sp³-hybridized carbons (Fsp3) is 0.192. The van der Waals surface area contributed by atoms with E-state index in [0.717, 1.165) is 10.5 Å². The molecule has 0 atom stereocenters. The molecule has 0 radical (unpaired) electrons. The van der Waals surface area contributed by atoms with E-state index < -0.39 is 31.6 Å². The van der Waals surface area contributed by atoms with Crippen molar-refractivity contribution in [2.75, 3.05) is 11.4 Å². The number of fused-ring (bicyclic) bond motifs is 1. The highest BCUT2D eigenvalue weighted by molar-refractivity contribution is 7.92. The van der Waals surface area contributed by atoms with E-state index in [-0.39, 0.29) is 23.3 Å². The number of hydrogen-bond donors (Lipinski definition) is 1. The van der Waals surface area contributed by atoms with Gasteiger partial charge in [0.2, 0.25) is 26.6 Å². The van der Waals surface area contributed by atoms with E-state index in [4.69, 9.17) is 32.6 Å². The van der Waals surface area contributed by atoms with Gasteiger partial charge in [-0.3, -0.25) is 15.0 Å². The first-order valence-electron chi connectivity index (χ1n) is 11.2. The monoisotopic (exact) mass is 557 g/mol. The normalized spacial score (nSPS) is 14.5. The molecule has 1 fully saturated rings. The Hall–Kier alpha value is -3.40. The number of hydrogen-bond acceptors (Lipinski definition) is 6. The third-order valence-corrected chi connectivity index (χ3v) is 8.98. The lowest BCUT2D eigenvalue weighted by atomic mass is 9.98. The van der Waals surface area contributed by atoms with Crippen LogP contribution in [0.4, 0.5) is 10.5 Å². The van der Waals surface area contributed by atoms with Crippen LogP contribution >= 0.6 is 23.2 Å². The van der Waals surface area contributed by atoms with Crippen LogP contribution in [0.15, 0.2) is 64.1 Å². The lowest BCUT2D eigenvalue weighted by molar-refractivity contribution is -0.117. The molecule has 0 unspecified atom stereocenters. The quantitative estimate of drug-likeness (QED) is 0.303. The van der Waals surface area contributed by atoms with Crippen LogP contribution in [0.5, 0.6) is 0 Å². The van der Waals surface area contributed by atoms with Gasteiger partial charge in [0.05, 0.1) is 15.8 Å². The maximum absolute atomic E-state index is 13.6. The Kier molecular flexibility index (Phi) is 6.05. The Labute approximate surface area is 223 Å². The van der Waals surface area contributed by atoms with E-state index >= 15 is 0 Å². The van der Waals surface area contributed by atoms with Gasteiger partial charge in [0.15, 0.2) is 0 Å². The third-order valence-electron chi connectivity index (χ3n) is 6.02. The Bertz CT molecular complexity index is 1690. The number of halogens is 2. The molecule has 8 nitrogen and oxygen atoms in total. The van der Waals surface area contributed by atoms with Crippen molar-refractivity contribution >= 4 is 61.8 Å². The highest BCUT2D eigenvalue weighted by atomic mass is 35.5. The second kappa shape index (κ2) is 8.86. The molecule has 0 spiro atoms. The Morgan fingerprint density at radius 1 is 1.00 bits per heavy atom. The predicted molar refractivity (Wildman–Crippen MR) is 143 cm³/mol. The first kappa shape index (κ1) is 25.3. The third kappa shape index (κ3) is 4.27. The first-order valence-corrected chi connectivity index (χ1v) is 13.5. The zero-order valence-electron chi connectivity index (χ0n) is 20.0. The molecule has 11 heteroatoms. The number of rotatable bonds is 4. The summed E-state index contributed by atoms with van der Waals surface area (Å²) in [7, 11) is -4.10. The number of furan rings is 1. The van der Waals surface area contributed by atoms with Gasteiger partial charge in [-0.15, -0.1) is 0 Å². The van der Waals surface area contributed by atoms with Crippen molar-refractivity contribution in [2.24, 2.45) is 0 Å². The van der Waals surface area contributed by atoms with Crippen molar-refractivity contribution in [3.05, 3.63) is 64.6 Å². The maximum atomic E-state index is 13.6. The summed E-state index contributed by atoms with van der Waals surface area (Å²) in [6.07, 6.45) is 0. The number of amides is 3. The molecule has 190 valence electrons. The van der Waals surface area contributed by atoms with Crippen molar-refractivity contribution < 1.29 is 22.4 Å². The summed E-state index contributed by atoms with van der Waals surface area (Å²) in [6, 6.07) is 15.1. The number of carbonyl (C=O) groups excluding carboxylic acids is 2. The van der Waals surface area contributed by atoms with Crippen molar-refractivity contribution in [1.29, 1.82) is 0 Å². The fourth-order valence-electron chi connectivity index (χ4n) is 4.04. The smallest absolute Gasteiger partial charge is 0.329 e. The first-order chi connectivity index (χ1) is 17.4. The van der Waals surface area contributed by atoms with Crippen LogP contribution in [0.1, 0.15) is 20.8 Å². The standard InChI is InChI=1S/C26H21Cl2N3O5S/c1-26(2,3)37(34,35)24-22(31-13-20(32)29-25(31)33)18-12-17(14-8-10-15(27)11-9-14)21(30-23(18)36-24)16-6-4-5-7-19(16)28/h4-12H,13H2,1-3H3,(H,29,32,33). The number of sulfone groups is 1. The summed E-state index contributed by atoms with van der Waals surface area (Å²) < 4.78 is 31.8. The number of nitrogens with zero attached hydrogens (tertiary/aromatic N) is 2. The van der Waals surface area contributed by atoms with E-state index in [9.17, 15) is 18.0 Å². The minimum atomic E-state index is -4.10. The van der Waals surface area contributed by atoms with Crippen molar-refractivity contribution in [3.8, 4) is 22.4 Å². The molecule has 0 bridgehead atoms. The second-order valence-electron chi connectivity index (χ2n) is 9.52. The fourth-order valence-corrected chi connectivity index (χ4v) is 5.61. The molecule has 1 aliphatic rings. The number of carbonyl (C=O) groups is 2. The van der Waals surface area contributed by atoms with Crippen LogP contribution in [0.25, 0.3) is 33.5 Å². The predicted octanol–water partition coefficient (Wildman–Crippen LogP) is 6.10. The SMILES string of the molecule is CC(C)(C)S(=O)(=O)c1oc2nc(-c3ccccc3Cl)c(-c3ccc(Cl)cc3)cc2c1N1CC(=O)NC1=O. The molecule has 0 aliphatic carbocycles. The summed E-state index contributed by atoms with van der Waals surface area (Å²) in [5.41, 5.74) is 2.32. The van der Waals surface area contributed by atoms with Crippen LogP contribution in [0.2, 0.25) is 10.0 Å². The number of benzene rings is 2. The number of pyridine rings is 1. The summed E-state index contributed by atoms with van der Waals surface area (Å²) >= 11 is 12.6. The number of urea groups is 1. The molecule has 2 aromatic heterocycles. The minimum Gasteiger partial charge on any atom is -0.424 e. The van der Waals surface area contributed by atoms with Gasteiger partial charge < -0.3 is 4.42 Å². The van der Waals surface area contributed by atoms with Gasteiger partial charge in [-0.2, -0.15) is 0 Å². The van der Waals surface area contributed by atoms with Gasteiger partial charge in [-0.25, -0.2) is 18.2 Å². The molecular formula is C26H21Cl2N3O5S. The Morgan fingerprint density at radius 2 is 1.68 bits per heavy atom. The molecule has 2 aromatic carbocycles. The van der Waals surface area contributed by atoms with Crippen molar-refractivity contribution in [1.82, 2.24) is 10.3 Å². The Balaban J connectivity index is 1.90. The molecule has 1 aliphatic heterocycles. The molecule has 3 amide bonds. The number of anilines is 1. The zero-order chi connectivity index (χ0) is 26.7. The number of aromatic nitrogens is 1. The Morgan fingerprint density at radius 3 is 2.27 bits per heavy atom. The molecule has 37 heavy (non-hydrogen) atoms. The van der Waals surface area contributed by atoms with Gasteiger partial charge in [0.1, 0.15) is 12.2 Å². The van der Waals surface area contributed by atoms with Crippen molar-refractivity contribution in [3.63, 3.8) is 0 Å². The second-order valence-corrected chi connectivity index (χ2v) is 13.0. The van der Waals surface area contributed by atoms with Gasteiger partial charge in [-0.05, 0) is 50.6 Å². The topological polar surface area (TPSA) is 110 Å². The van der Waals surface area contributed by atoms with Crippen LogP contribution in [-0.4, -0.2) is 36.6 Å². The molecule has 1 N–H and O–H groups in total. The van der Waals surface area contributed by atoms with Gasteiger partial charge in [-0.1, -0.05) is 53.5 Å². The van der Waals surface area contributed by atoms with Gasteiger partial charge in [0, 0.05) is 21.2 Å². The molecule has 5 rings (SSSR count). The van der Waals surface area contributed by atoms with E-state index in [0.29, 0.717) is 26.9 Å². The highest BCUT2D eigenvalue weighted by Gasteiger charge is 2.42. The molecular weight excluding hydrogens is 537 g/mol. The van der Waals surface area contributed by atoms with Crippen LogP contribution in [0, 0.1) is 0 Å². The minimum absolute atomic E-state index is 0.0161. The average Bonchev–Trinajstić information content (AvgIpc) is 3.37. The van der Waals surface area contributed by atoms with Crippen molar-refractivity contribution in [2.45, 2.75) is 30.6 Å². The highest BCUT2D eigenvalue weighted by Crippen LogP contribution is 2.45. The number of imide groups is 1. The van der Waals surface area contributed by atoms with Crippen LogP contribution < -0.4 is 10.2 Å². The summed E-state index contributed by atoms with van der Waals surface area (Å²) in [5.74, 6) is -0.558. The molecule has 4 aromatic rings. The summed E-state index contributed by atoms with van der Waals surface area (Å²) in [6.45, 7) is 4.21. The lowest BCUT2D eigenvalue weighted by Gasteiger charge is -2.20. The van der Waals surface area contributed by atoms with E-state index in [1.54, 1.807) is 48.5 Å². The lowest BCUT2D eigenvalue weighted by Crippen LogP contribution is -2.32. The van der Waals surface area contributed by atoms with Crippen LogP contribution in [-0.2, 0) is 14.6 Å². The van der Waals surface area contributed by atoms with Crippen LogP contribution in [0.3, 0.4) is 0 Å². The molecule has 3 heterocycles. The largest absolute Gasteiger partial charge is 0.424 e. The summed E-state index contributed by atoms with van der Waals surface area (Å²) in [5, 5.41) is 2.98. The average molecular weight is 558 g/mol. The van der Waals surface area contributed by atoms with E-state index in [1.807, 2.05) is 6.07 Å². The zero-order valence-corrected chi connectivity index (χ0v) is 22.3.